The van der Waals surface area contributed by atoms with Crippen molar-refractivity contribution in [1.29, 1.82) is 0 Å². The van der Waals surface area contributed by atoms with Crippen molar-refractivity contribution in [3.63, 3.8) is 0 Å². The largest absolute Gasteiger partial charge is 0.423 e. The minimum atomic E-state index is -0.388. The molecule has 0 spiro atoms. The number of pyridine rings is 1. The highest BCUT2D eigenvalue weighted by Crippen LogP contribution is 2.32. The quantitative estimate of drug-likeness (QED) is 0.258. The van der Waals surface area contributed by atoms with Crippen LogP contribution in [0.3, 0.4) is 0 Å². The lowest BCUT2D eigenvalue weighted by Crippen LogP contribution is -2.08. The average Bonchev–Trinajstić information content (AvgIpc) is 3.21. The number of carbonyl (C=O) groups is 1. The van der Waals surface area contributed by atoms with Crippen molar-refractivity contribution in [2.75, 3.05) is 5.32 Å². The van der Waals surface area contributed by atoms with E-state index in [1.807, 2.05) is 65.2 Å². The predicted octanol–water partition coefficient (Wildman–Crippen LogP) is 6.14. The van der Waals surface area contributed by atoms with Crippen molar-refractivity contribution in [2.45, 2.75) is 13.5 Å². The third kappa shape index (κ3) is 4.48. The van der Waals surface area contributed by atoms with Gasteiger partial charge in [0, 0.05) is 18.3 Å². The minimum absolute atomic E-state index is 0.388. The lowest BCUT2D eigenvalue weighted by atomic mass is 10.1. The lowest BCUT2D eigenvalue weighted by molar-refractivity contribution is 0.0735. The Hall–Kier alpha value is -4.38. The van der Waals surface area contributed by atoms with Crippen molar-refractivity contribution in [3.8, 4) is 17.0 Å². The van der Waals surface area contributed by atoms with Gasteiger partial charge in [0.1, 0.15) is 22.9 Å². The van der Waals surface area contributed by atoms with E-state index in [4.69, 9.17) is 9.72 Å². The van der Waals surface area contributed by atoms with Crippen molar-refractivity contribution in [1.82, 2.24) is 9.38 Å². The molecule has 1 N–H and O–H groups in total. The first kappa shape index (κ1) is 20.5. The molecule has 5 aromatic rings. The zero-order valence-corrected chi connectivity index (χ0v) is 18.2. The predicted molar refractivity (Wildman–Crippen MR) is 131 cm³/mol. The van der Waals surface area contributed by atoms with Crippen LogP contribution in [-0.4, -0.2) is 15.4 Å². The number of esters is 1. The van der Waals surface area contributed by atoms with E-state index in [0.29, 0.717) is 17.9 Å². The third-order valence-electron chi connectivity index (χ3n) is 5.41. The Morgan fingerprint density at radius 1 is 0.909 bits per heavy atom. The highest BCUT2D eigenvalue weighted by atomic mass is 16.5. The van der Waals surface area contributed by atoms with E-state index in [9.17, 15) is 4.79 Å². The van der Waals surface area contributed by atoms with Crippen LogP contribution in [0.4, 0.5) is 5.82 Å². The zero-order chi connectivity index (χ0) is 22.6. The van der Waals surface area contributed by atoms with Gasteiger partial charge in [-0.2, -0.15) is 0 Å². The molecule has 5 nitrogen and oxygen atoms in total. The van der Waals surface area contributed by atoms with E-state index in [-0.39, 0.29) is 5.97 Å². The fraction of sp³-hybridized carbons (Fsp3) is 0.0714. The number of imidazole rings is 1. The summed E-state index contributed by atoms with van der Waals surface area (Å²) >= 11 is 0. The second kappa shape index (κ2) is 9.01. The first-order valence-electron chi connectivity index (χ1n) is 10.8. The summed E-state index contributed by atoms with van der Waals surface area (Å²) in [5.74, 6) is 0.977. The summed E-state index contributed by atoms with van der Waals surface area (Å²) in [6.45, 7) is 2.72. The van der Waals surface area contributed by atoms with Crippen LogP contribution < -0.4 is 10.1 Å². The van der Waals surface area contributed by atoms with Gasteiger partial charge in [-0.3, -0.25) is 4.40 Å². The molecule has 33 heavy (non-hydrogen) atoms. The Labute approximate surface area is 192 Å². The highest BCUT2D eigenvalue weighted by Gasteiger charge is 2.16. The van der Waals surface area contributed by atoms with Crippen molar-refractivity contribution in [2.24, 2.45) is 0 Å². The summed E-state index contributed by atoms with van der Waals surface area (Å²) in [6.07, 6.45) is 2.02. The van der Waals surface area contributed by atoms with E-state index >= 15 is 0 Å². The van der Waals surface area contributed by atoms with E-state index in [1.165, 1.54) is 5.56 Å². The number of carbonyl (C=O) groups excluding carboxylic acids is 1. The summed E-state index contributed by atoms with van der Waals surface area (Å²) in [4.78, 5) is 17.4. The number of rotatable bonds is 6. The Bertz CT molecular complexity index is 1410. The fourth-order valence-electron chi connectivity index (χ4n) is 3.75. The number of hydrogen-bond acceptors (Lipinski definition) is 4. The van der Waals surface area contributed by atoms with Gasteiger partial charge in [0.2, 0.25) is 0 Å². The molecule has 5 rings (SSSR count). The number of nitrogens with zero attached hydrogens (tertiary/aromatic N) is 2. The van der Waals surface area contributed by atoms with Crippen molar-refractivity contribution in [3.05, 3.63) is 120 Å². The monoisotopic (exact) mass is 433 g/mol. The molecule has 0 aliphatic carbocycles. The second-order valence-electron chi connectivity index (χ2n) is 7.86. The number of hydrogen-bond donors (Lipinski definition) is 1. The molecule has 5 heteroatoms. The lowest BCUT2D eigenvalue weighted by Gasteiger charge is -2.10. The number of aromatic nitrogens is 2. The molecule has 2 heterocycles. The standard InChI is InChI=1S/C28H23N3O2/c1-20-15-16-31-25(17-20)30-26(27(31)29-19-21-9-4-2-5-10-21)23-13-8-14-24(18-23)33-28(32)22-11-6-3-7-12-22/h2-18,29H,19H2,1H3. The maximum Gasteiger partial charge on any atom is 0.343 e. The topological polar surface area (TPSA) is 55.6 Å². The number of aryl methyl sites for hydroxylation is 1. The van der Waals surface area contributed by atoms with E-state index < -0.39 is 0 Å². The van der Waals surface area contributed by atoms with Crippen LogP contribution in [0.25, 0.3) is 16.9 Å². The Balaban J connectivity index is 1.50. The number of benzene rings is 3. The molecule has 0 atom stereocenters. The second-order valence-corrected chi connectivity index (χ2v) is 7.86. The van der Waals surface area contributed by atoms with Crippen LogP contribution in [-0.2, 0) is 6.54 Å². The van der Waals surface area contributed by atoms with Gasteiger partial charge < -0.3 is 10.1 Å². The van der Waals surface area contributed by atoms with Gasteiger partial charge in [-0.1, -0.05) is 60.7 Å². The average molecular weight is 434 g/mol. The molecule has 0 radical (unpaired) electrons. The molecule has 0 amide bonds. The molecule has 0 saturated carbocycles. The van der Waals surface area contributed by atoms with Crippen LogP contribution in [0, 0.1) is 6.92 Å². The fourth-order valence-corrected chi connectivity index (χ4v) is 3.75. The van der Waals surface area contributed by atoms with Crippen molar-refractivity contribution < 1.29 is 9.53 Å². The molecule has 0 unspecified atom stereocenters. The normalized spacial score (nSPS) is 10.8. The maximum absolute atomic E-state index is 12.5. The van der Waals surface area contributed by atoms with Crippen LogP contribution >= 0.6 is 0 Å². The van der Waals surface area contributed by atoms with Gasteiger partial charge in [-0.25, -0.2) is 9.78 Å². The summed E-state index contributed by atoms with van der Waals surface area (Å²) < 4.78 is 7.68. The van der Waals surface area contributed by atoms with Gasteiger partial charge in [0.25, 0.3) is 0 Å². The molecule has 0 aliphatic rings. The molecular weight excluding hydrogens is 410 g/mol. The number of nitrogens with one attached hydrogen (secondary N) is 1. The first-order valence-corrected chi connectivity index (χ1v) is 10.8. The Kier molecular flexibility index (Phi) is 5.60. The SMILES string of the molecule is Cc1ccn2c(NCc3ccccc3)c(-c3cccc(OC(=O)c4ccccc4)c3)nc2c1. The van der Waals surface area contributed by atoms with Crippen LogP contribution in [0.1, 0.15) is 21.5 Å². The van der Waals surface area contributed by atoms with Gasteiger partial charge in [-0.15, -0.1) is 0 Å². The molecular formula is C28H23N3O2. The molecule has 0 aliphatic heterocycles. The van der Waals surface area contributed by atoms with Crippen LogP contribution in [0.2, 0.25) is 0 Å². The molecule has 2 aromatic heterocycles. The van der Waals surface area contributed by atoms with E-state index in [2.05, 4.69) is 36.5 Å². The van der Waals surface area contributed by atoms with Gasteiger partial charge in [0.05, 0.1) is 5.56 Å². The minimum Gasteiger partial charge on any atom is -0.423 e. The van der Waals surface area contributed by atoms with Crippen LogP contribution in [0.15, 0.2) is 103 Å². The van der Waals surface area contributed by atoms with Gasteiger partial charge >= 0.3 is 5.97 Å². The number of ether oxygens (including phenoxy) is 1. The zero-order valence-electron chi connectivity index (χ0n) is 18.2. The Morgan fingerprint density at radius 2 is 1.67 bits per heavy atom. The Morgan fingerprint density at radius 3 is 2.45 bits per heavy atom. The van der Waals surface area contributed by atoms with Gasteiger partial charge in [0.15, 0.2) is 0 Å². The van der Waals surface area contributed by atoms with Crippen LogP contribution in [0.5, 0.6) is 5.75 Å². The highest BCUT2D eigenvalue weighted by molar-refractivity contribution is 5.91. The van der Waals surface area contributed by atoms with Crippen molar-refractivity contribution >= 4 is 17.4 Å². The molecule has 0 fully saturated rings. The molecule has 0 saturated heterocycles. The molecule has 3 aromatic carbocycles. The smallest absolute Gasteiger partial charge is 0.343 e. The molecule has 162 valence electrons. The summed E-state index contributed by atoms with van der Waals surface area (Å²) in [6, 6.07) is 30.8. The first-order chi connectivity index (χ1) is 16.2. The third-order valence-corrected chi connectivity index (χ3v) is 5.41. The van der Waals surface area contributed by atoms with E-state index in [0.717, 1.165) is 28.3 Å². The number of fused-ring (bicyclic) bond motifs is 1. The summed E-state index contributed by atoms with van der Waals surface area (Å²) in [7, 11) is 0. The number of anilines is 1. The summed E-state index contributed by atoms with van der Waals surface area (Å²) in [5, 5.41) is 3.55. The maximum atomic E-state index is 12.5. The molecule has 0 bridgehead atoms. The van der Waals surface area contributed by atoms with E-state index in [1.54, 1.807) is 18.2 Å². The van der Waals surface area contributed by atoms with Gasteiger partial charge in [-0.05, 0) is 54.4 Å². The summed E-state index contributed by atoms with van der Waals surface area (Å²) in [5.41, 5.74) is 5.35.